The molecule has 0 heterocycles. The molecule has 0 saturated heterocycles. The fraction of sp³-hybridized carbons (Fsp3) is 0.300. The van der Waals surface area contributed by atoms with Gasteiger partial charge in [-0.3, -0.25) is 0 Å². The minimum Gasteiger partial charge on any atom is -0.218 e. The zero-order chi connectivity index (χ0) is 13.3. The third-order valence-electron chi connectivity index (χ3n) is 1.88. The summed E-state index contributed by atoms with van der Waals surface area (Å²) in [6, 6.07) is 5.11. The lowest BCUT2D eigenvalue weighted by molar-refractivity contribution is -0.252. The summed E-state index contributed by atoms with van der Waals surface area (Å²) in [6.45, 7) is 1.67. The van der Waals surface area contributed by atoms with Gasteiger partial charge in [0.1, 0.15) is 0 Å². The molecule has 0 radical (unpaired) electrons. The number of rotatable bonds is 2. The lowest BCUT2D eigenvalue weighted by atomic mass is 10.2. The van der Waals surface area contributed by atoms with Gasteiger partial charge in [0.15, 0.2) is 0 Å². The van der Waals surface area contributed by atoms with Crippen molar-refractivity contribution in [3.8, 4) is 0 Å². The summed E-state index contributed by atoms with van der Waals surface area (Å²) in [5, 5.41) is 0. The zero-order valence-electron chi connectivity index (χ0n) is 8.52. The maximum Gasteiger partial charge on any atom is 0.462 e. The predicted molar refractivity (Wildman–Crippen MR) is 50.4 cm³/mol. The molecular weight excluding hydrogens is 248 g/mol. The second-order valence-corrected chi connectivity index (χ2v) is 3.31. The summed E-state index contributed by atoms with van der Waals surface area (Å²) in [4.78, 5) is 2.62. The van der Waals surface area contributed by atoms with Gasteiger partial charge in [0.25, 0.3) is 5.97 Å². The SMILES string of the molecule is Cc1ccc(N=C(F)C(F)(F)C(F)(F)F)cc1. The molecule has 0 N–H and O–H groups in total. The van der Waals surface area contributed by atoms with Gasteiger partial charge in [0.05, 0.1) is 5.69 Å². The Morgan fingerprint density at radius 3 is 1.88 bits per heavy atom. The molecule has 0 atom stereocenters. The Morgan fingerprint density at radius 2 is 1.47 bits per heavy atom. The van der Waals surface area contributed by atoms with Crippen LogP contribution in [0.1, 0.15) is 5.56 Å². The Balaban J connectivity index is 3.04. The van der Waals surface area contributed by atoms with E-state index >= 15 is 0 Å². The molecule has 0 saturated carbocycles. The van der Waals surface area contributed by atoms with Crippen LogP contribution in [0.5, 0.6) is 0 Å². The summed E-state index contributed by atoms with van der Waals surface area (Å²) >= 11 is 0. The molecule has 7 heteroatoms. The molecule has 0 fully saturated rings. The summed E-state index contributed by atoms with van der Waals surface area (Å²) in [5.74, 6) is -8.34. The molecule has 0 aliphatic carbocycles. The van der Waals surface area contributed by atoms with E-state index in [0.29, 0.717) is 0 Å². The van der Waals surface area contributed by atoms with Gasteiger partial charge in [0.2, 0.25) is 0 Å². The Hall–Kier alpha value is -1.53. The molecule has 94 valence electrons. The van der Waals surface area contributed by atoms with Gasteiger partial charge in [-0.2, -0.15) is 26.3 Å². The molecule has 0 amide bonds. The normalized spacial score (nSPS) is 13.9. The van der Waals surface area contributed by atoms with Crippen molar-refractivity contribution in [3.63, 3.8) is 0 Å². The van der Waals surface area contributed by atoms with Crippen molar-refractivity contribution in [2.75, 3.05) is 0 Å². The molecule has 1 rings (SSSR count). The molecule has 0 bridgehead atoms. The van der Waals surface area contributed by atoms with Gasteiger partial charge in [0, 0.05) is 0 Å². The van der Waals surface area contributed by atoms with Gasteiger partial charge in [-0.05, 0) is 19.1 Å². The van der Waals surface area contributed by atoms with Crippen molar-refractivity contribution in [3.05, 3.63) is 29.8 Å². The number of alkyl halides is 5. The minimum atomic E-state index is -5.99. The van der Waals surface area contributed by atoms with Crippen molar-refractivity contribution in [2.24, 2.45) is 4.99 Å². The van der Waals surface area contributed by atoms with E-state index in [1.165, 1.54) is 12.1 Å². The first-order valence-electron chi connectivity index (χ1n) is 4.40. The number of halogens is 6. The molecule has 17 heavy (non-hydrogen) atoms. The van der Waals surface area contributed by atoms with E-state index < -0.39 is 18.1 Å². The average Bonchev–Trinajstić information content (AvgIpc) is 2.19. The van der Waals surface area contributed by atoms with Crippen molar-refractivity contribution in [1.82, 2.24) is 0 Å². The molecule has 0 aliphatic heterocycles. The molecule has 0 aliphatic rings. The predicted octanol–water partition coefficient (Wildman–Crippen LogP) is 4.19. The number of aryl methyl sites for hydroxylation is 1. The summed E-state index contributed by atoms with van der Waals surface area (Å²) in [7, 11) is 0. The van der Waals surface area contributed by atoms with Gasteiger partial charge >= 0.3 is 12.1 Å². The first-order valence-corrected chi connectivity index (χ1v) is 4.40. The van der Waals surface area contributed by atoms with Crippen LogP contribution in [0, 0.1) is 6.92 Å². The largest absolute Gasteiger partial charge is 0.462 e. The van der Waals surface area contributed by atoms with E-state index in [4.69, 9.17) is 0 Å². The number of nitrogens with zero attached hydrogens (tertiary/aromatic N) is 1. The van der Waals surface area contributed by atoms with E-state index in [9.17, 15) is 26.3 Å². The average molecular weight is 255 g/mol. The molecule has 0 aromatic heterocycles. The fourth-order valence-electron chi connectivity index (χ4n) is 0.920. The van der Waals surface area contributed by atoms with Crippen LogP contribution >= 0.6 is 0 Å². The second kappa shape index (κ2) is 4.38. The number of aliphatic imine (C=N–C) groups is 1. The Bertz CT molecular complexity index is 417. The van der Waals surface area contributed by atoms with Gasteiger partial charge in [-0.1, -0.05) is 17.7 Å². The number of hydrogen-bond acceptors (Lipinski definition) is 1. The quantitative estimate of drug-likeness (QED) is 0.555. The van der Waals surface area contributed by atoms with E-state index in [1.807, 2.05) is 0 Å². The minimum absolute atomic E-state index is 0.308. The molecule has 1 nitrogen and oxygen atoms in total. The van der Waals surface area contributed by atoms with Crippen LogP contribution in [0.2, 0.25) is 0 Å². The van der Waals surface area contributed by atoms with Crippen LogP contribution in [-0.4, -0.2) is 18.1 Å². The molecule has 0 spiro atoms. The van der Waals surface area contributed by atoms with E-state index in [-0.39, 0.29) is 5.69 Å². The van der Waals surface area contributed by atoms with Gasteiger partial charge in [-0.25, -0.2) is 4.99 Å². The van der Waals surface area contributed by atoms with Crippen molar-refractivity contribution in [2.45, 2.75) is 19.0 Å². The third-order valence-corrected chi connectivity index (χ3v) is 1.88. The van der Waals surface area contributed by atoms with Crippen LogP contribution in [0.3, 0.4) is 0 Å². The molecule has 1 aromatic rings. The monoisotopic (exact) mass is 255 g/mol. The maximum atomic E-state index is 12.7. The van der Waals surface area contributed by atoms with Crippen LogP contribution in [0.15, 0.2) is 29.3 Å². The zero-order valence-corrected chi connectivity index (χ0v) is 8.52. The fourth-order valence-corrected chi connectivity index (χ4v) is 0.920. The highest BCUT2D eigenvalue weighted by atomic mass is 19.4. The molecule has 0 unspecified atom stereocenters. The number of benzene rings is 1. The van der Waals surface area contributed by atoms with E-state index in [2.05, 4.69) is 4.99 Å². The Kier molecular flexibility index (Phi) is 3.49. The summed E-state index contributed by atoms with van der Waals surface area (Å²) in [5.41, 5.74) is 0.434. The van der Waals surface area contributed by atoms with Crippen molar-refractivity contribution >= 4 is 11.7 Å². The topological polar surface area (TPSA) is 12.4 Å². The summed E-state index contributed by atoms with van der Waals surface area (Å²) in [6.07, 6.45) is -5.99. The third kappa shape index (κ3) is 2.98. The summed E-state index contributed by atoms with van der Waals surface area (Å²) < 4.78 is 73.0. The highest BCUT2D eigenvalue weighted by Gasteiger charge is 2.62. The standard InChI is InChI=1S/C10H7F6N/c1-6-2-4-7(5-3-6)17-8(11)9(12,13)10(14,15)16/h2-5H,1H3. The van der Waals surface area contributed by atoms with Crippen LogP contribution in [0.4, 0.5) is 32.0 Å². The van der Waals surface area contributed by atoms with Crippen molar-refractivity contribution in [1.29, 1.82) is 0 Å². The Labute approximate surface area is 92.8 Å². The lowest BCUT2D eigenvalue weighted by Gasteiger charge is -2.16. The van der Waals surface area contributed by atoms with Crippen LogP contribution in [0.25, 0.3) is 0 Å². The highest BCUT2D eigenvalue weighted by molar-refractivity contribution is 5.85. The Morgan fingerprint density at radius 1 is 1.00 bits per heavy atom. The van der Waals surface area contributed by atoms with Gasteiger partial charge < -0.3 is 0 Å². The maximum absolute atomic E-state index is 12.7. The van der Waals surface area contributed by atoms with Crippen LogP contribution < -0.4 is 0 Å². The first-order chi connectivity index (χ1) is 7.64. The van der Waals surface area contributed by atoms with Gasteiger partial charge in [-0.15, -0.1) is 0 Å². The molecular formula is C10H7F6N. The van der Waals surface area contributed by atoms with Crippen LogP contribution in [-0.2, 0) is 0 Å². The highest BCUT2D eigenvalue weighted by Crippen LogP contribution is 2.37. The second-order valence-electron chi connectivity index (χ2n) is 3.31. The molecule has 1 aromatic carbocycles. The van der Waals surface area contributed by atoms with E-state index in [1.54, 1.807) is 6.92 Å². The van der Waals surface area contributed by atoms with E-state index in [0.717, 1.165) is 17.7 Å². The lowest BCUT2D eigenvalue weighted by Crippen LogP contribution is -2.42. The van der Waals surface area contributed by atoms with Crippen molar-refractivity contribution < 1.29 is 26.3 Å². The smallest absolute Gasteiger partial charge is 0.218 e. The number of hydrogen-bond donors (Lipinski definition) is 0. The first kappa shape index (κ1) is 13.5.